The Bertz CT molecular complexity index is 367. The van der Waals surface area contributed by atoms with Gasteiger partial charge in [0.2, 0.25) is 5.91 Å². The summed E-state index contributed by atoms with van der Waals surface area (Å²) in [6.07, 6.45) is 2.29. The fourth-order valence-electron chi connectivity index (χ4n) is 1.59. The number of amides is 1. The molecular formula is C10H21N3O3S. The molecule has 0 spiro atoms. The molecule has 1 fully saturated rings. The van der Waals surface area contributed by atoms with Crippen molar-refractivity contribution in [3.63, 3.8) is 0 Å². The first kappa shape index (κ1) is 14.4. The third kappa shape index (κ3) is 3.93. The molecule has 1 rings (SSSR count). The molecule has 0 saturated carbocycles. The molecule has 7 heteroatoms. The molecule has 1 atom stereocenters. The highest BCUT2D eigenvalue weighted by atomic mass is 32.2. The van der Waals surface area contributed by atoms with Gasteiger partial charge in [-0.05, 0) is 33.1 Å². The molecule has 6 nitrogen and oxygen atoms in total. The summed E-state index contributed by atoms with van der Waals surface area (Å²) in [5.41, 5.74) is 0. The quantitative estimate of drug-likeness (QED) is 0.739. The molecule has 0 aliphatic carbocycles. The Morgan fingerprint density at radius 2 is 2.06 bits per heavy atom. The summed E-state index contributed by atoms with van der Waals surface area (Å²) in [7, 11) is -2.08. The molecule has 1 unspecified atom stereocenters. The maximum atomic E-state index is 11.9. The van der Waals surface area contributed by atoms with Crippen LogP contribution in [0.5, 0.6) is 0 Å². The van der Waals surface area contributed by atoms with Gasteiger partial charge in [-0.2, -0.15) is 17.4 Å². The van der Waals surface area contributed by atoms with Crippen LogP contribution in [0.3, 0.4) is 0 Å². The van der Waals surface area contributed by atoms with Gasteiger partial charge in [0.25, 0.3) is 10.2 Å². The van der Waals surface area contributed by atoms with E-state index in [1.165, 1.54) is 11.4 Å². The first-order valence-corrected chi connectivity index (χ1v) is 7.31. The molecule has 0 aromatic rings. The second-order valence-electron chi connectivity index (χ2n) is 4.57. The van der Waals surface area contributed by atoms with Crippen LogP contribution in [0.15, 0.2) is 0 Å². The van der Waals surface area contributed by atoms with E-state index in [-0.39, 0.29) is 11.9 Å². The first-order chi connectivity index (χ1) is 7.84. The number of rotatable bonds is 4. The lowest BCUT2D eigenvalue weighted by Gasteiger charge is -2.24. The zero-order valence-electron chi connectivity index (χ0n) is 10.6. The van der Waals surface area contributed by atoms with Crippen LogP contribution >= 0.6 is 0 Å². The van der Waals surface area contributed by atoms with Crippen LogP contribution in [0.2, 0.25) is 0 Å². The van der Waals surface area contributed by atoms with Gasteiger partial charge < -0.3 is 5.32 Å². The smallest absolute Gasteiger partial charge is 0.280 e. The number of nitrogens with one attached hydrogen (secondary N) is 2. The number of nitrogens with zero attached hydrogens (tertiary/aromatic N) is 1. The van der Waals surface area contributed by atoms with E-state index < -0.39 is 16.3 Å². The molecule has 0 aromatic heterocycles. The molecule has 1 aliphatic heterocycles. The highest BCUT2D eigenvalue weighted by Crippen LogP contribution is 2.09. The van der Waals surface area contributed by atoms with Crippen molar-refractivity contribution in [1.82, 2.24) is 14.3 Å². The van der Waals surface area contributed by atoms with E-state index in [4.69, 9.17) is 0 Å². The van der Waals surface area contributed by atoms with Crippen LogP contribution < -0.4 is 10.0 Å². The lowest BCUT2D eigenvalue weighted by Crippen LogP contribution is -2.51. The van der Waals surface area contributed by atoms with Crippen molar-refractivity contribution in [2.75, 3.05) is 13.6 Å². The number of carbonyl (C=O) groups is 1. The lowest BCUT2D eigenvalue weighted by molar-refractivity contribution is -0.122. The molecular weight excluding hydrogens is 242 g/mol. The van der Waals surface area contributed by atoms with E-state index in [1.807, 2.05) is 0 Å². The fourth-order valence-corrected chi connectivity index (χ4v) is 2.90. The molecule has 1 aliphatic rings. The number of hydrogen-bond acceptors (Lipinski definition) is 3. The Balaban J connectivity index is 2.72. The van der Waals surface area contributed by atoms with Gasteiger partial charge in [-0.1, -0.05) is 0 Å². The summed E-state index contributed by atoms with van der Waals surface area (Å²) in [5, 5.41) is 2.70. The highest BCUT2D eigenvalue weighted by molar-refractivity contribution is 7.87. The van der Waals surface area contributed by atoms with E-state index in [2.05, 4.69) is 10.0 Å². The van der Waals surface area contributed by atoms with Crippen molar-refractivity contribution < 1.29 is 13.2 Å². The predicted molar refractivity (Wildman–Crippen MR) is 65.6 cm³/mol. The van der Waals surface area contributed by atoms with E-state index in [9.17, 15) is 13.2 Å². The van der Waals surface area contributed by atoms with Gasteiger partial charge in [0, 0.05) is 19.6 Å². The molecule has 100 valence electrons. The minimum absolute atomic E-state index is 0.138. The van der Waals surface area contributed by atoms with Gasteiger partial charge in [-0.25, -0.2) is 0 Å². The van der Waals surface area contributed by atoms with Crippen molar-refractivity contribution in [3.8, 4) is 0 Å². The molecule has 1 heterocycles. The predicted octanol–water partition coefficient (Wildman–Crippen LogP) is -0.170. The van der Waals surface area contributed by atoms with Crippen LogP contribution in [-0.2, 0) is 15.0 Å². The molecule has 1 amide bonds. The average molecular weight is 263 g/mol. The zero-order valence-corrected chi connectivity index (χ0v) is 11.4. The topological polar surface area (TPSA) is 78.5 Å². The summed E-state index contributed by atoms with van der Waals surface area (Å²) >= 11 is 0. The van der Waals surface area contributed by atoms with Crippen molar-refractivity contribution >= 4 is 16.1 Å². The second-order valence-corrected chi connectivity index (χ2v) is 6.33. The number of hydrogen-bond donors (Lipinski definition) is 2. The highest BCUT2D eigenvalue weighted by Gasteiger charge is 2.28. The molecule has 17 heavy (non-hydrogen) atoms. The van der Waals surface area contributed by atoms with Crippen LogP contribution in [0.4, 0.5) is 0 Å². The average Bonchev–Trinajstić information content (AvgIpc) is 2.43. The Hall–Kier alpha value is -0.660. The summed E-state index contributed by atoms with van der Waals surface area (Å²) in [5.74, 6) is -0.233. The monoisotopic (exact) mass is 263 g/mol. The summed E-state index contributed by atoms with van der Waals surface area (Å²) < 4.78 is 27.5. The van der Waals surface area contributed by atoms with Gasteiger partial charge in [-0.3, -0.25) is 4.79 Å². The Kier molecular flexibility index (Phi) is 4.91. The first-order valence-electron chi connectivity index (χ1n) is 5.87. The van der Waals surface area contributed by atoms with Gasteiger partial charge in [0.1, 0.15) is 6.04 Å². The second kappa shape index (κ2) is 5.79. The zero-order chi connectivity index (χ0) is 13.1. The maximum absolute atomic E-state index is 11.9. The summed E-state index contributed by atoms with van der Waals surface area (Å²) in [6.45, 7) is 4.19. The van der Waals surface area contributed by atoms with Crippen LogP contribution in [0, 0.1) is 0 Å². The van der Waals surface area contributed by atoms with Crippen molar-refractivity contribution in [1.29, 1.82) is 0 Å². The minimum atomic E-state index is -3.59. The molecule has 0 aromatic carbocycles. The van der Waals surface area contributed by atoms with E-state index in [0.29, 0.717) is 13.0 Å². The third-order valence-electron chi connectivity index (χ3n) is 2.93. The molecule has 2 N–H and O–H groups in total. The minimum Gasteiger partial charge on any atom is -0.355 e. The Morgan fingerprint density at radius 1 is 1.41 bits per heavy atom. The van der Waals surface area contributed by atoms with Crippen molar-refractivity contribution in [2.24, 2.45) is 0 Å². The Morgan fingerprint density at radius 3 is 2.65 bits per heavy atom. The van der Waals surface area contributed by atoms with Crippen molar-refractivity contribution in [2.45, 2.75) is 45.2 Å². The maximum Gasteiger partial charge on any atom is 0.280 e. The van der Waals surface area contributed by atoms with Gasteiger partial charge in [-0.15, -0.1) is 0 Å². The molecule has 1 saturated heterocycles. The van der Waals surface area contributed by atoms with Gasteiger partial charge >= 0.3 is 0 Å². The summed E-state index contributed by atoms with van der Waals surface area (Å²) in [4.78, 5) is 11.6. The van der Waals surface area contributed by atoms with Gasteiger partial charge in [0.05, 0.1) is 0 Å². The van der Waals surface area contributed by atoms with Crippen LogP contribution in [0.1, 0.15) is 33.1 Å². The largest absolute Gasteiger partial charge is 0.355 e. The third-order valence-corrected chi connectivity index (χ3v) is 4.70. The normalized spacial score (nSPS) is 22.6. The van der Waals surface area contributed by atoms with E-state index in [0.717, 1.165) is 12.8 Å². The fraction of sp³-hybridized carbons (Fsp3) is 0.900. The number of carbonyl (C=O) groups excluding carboxylic acids is 1. The van der Waals surface area contributed by atoms with E-state index >= 15 is 0 Å². The Labute approximate surface area is 103 Å². The summed E-state index contributed by atoms with van der Waals surface area (Å²) in [6, 6.07) is -0.787. The van der Waals surface area contributed by atoms with Crippen molar-refractivity contribution in [3.05, 3.63) is 0 Å². The lowest BCUT2D eigenvalue weighted by atomic mass is 10.1. The SMILES string of the molecule is CC(C)N(C)S(=O)(=O)NC1CCCCNC1=O. The van der Waals surface area contributed by atoms with Crippen LogP contribution in [0.25, 0.3) is 0 Å². The van der Waals surface area contributed by atoms with Crippen LogP contribution in [-0.4, -0.2) is 44.3 Å². The standard InChI is InChI=1S/C10H21N3O3S/c1-8(2)13(3)17(15,16)12-9-6-4-5-7-11-10(9)14/h8-9,12H,4-7H2,1-3H3,(H,11,14). The molecule has 0 radical (unpaired) electrons. The van der Waals surface area contributed by atoms with E-state index in [1.54, 1.807) is 13.8 Å². The van der Waals surface area contributed by atoms with Gasteiger partial charge in [0.15, 0.2) is 0 Å². The molecule has 0 bridgehead atoms.